The van der Waals surface area contributed by atoms with Gasteiger partial charge in [0, 0.05) is 6.07 Å². The second-order valence-corrected chi connectivity index (χ2v) is 2.89. The normalized spacial score (nSPS) is 9.94. The average Bonchev–Trinajstić information content (AvgIpc) is 2.27. The van der Waals surface area contributed by atoms with E-state index in [1.807, 2.05) is 0 Å². The van der Waals surface area contributed by atoms with Crippen LogP contribution in [0.4, 0.5) is 13.2 Å². The second-order valence-electron chi connectivity index (χ2n) is 2.89. The number of methoxy groups -OCH3 is 2. The molecule has 0 heterocycles. The summed E-state index contributed by atoms with van der Waals surface area (Å²) in [5.41, 5.74) is -2.29. The number of carbonyl (C=O) groups excluding carboxylic acids is 2. The molecule has 1 aromatic rings. The lowest BCUT2D eigenvalue weighted by Crippen LogP contribution is -2.15. The fourth-order valence-corrected chi connectivity index (χ4v) is 1.17. The summed E-state index contributed by atoms with van der Waals surface area (Å²) in [6.45, 7) is 0. The summed E-state index contributed by atoms with van der Waals surface area (Å²) in [7, 11) is 1.78. The summed E-state index contributed by atoms with van der Waals surface area (Å²) >= 11 is 0. The van der Waals surface area contributed by atoms with E-state index in [1.165, 1.54) is 0 Å². The molecule has 0 spiro atoms. The maximum Gasteiger partial charge on any atom is 0.343 e. The van der Waals surface area contributed by atoms with Crippen molar-refractivity contribution in [1.82, 2.24) is 0 Å². The van der Waals surface area contributed by atoms with Crippen molar-refractivity contribution in [2.24, 2.45) is 0 Å². The van der Waals surface area contributed by atoms with Crippen LogP contribution in [0.5, 0.6) is 0 Å². The van der Waals surface area contributed by atoms with E-state index in [-0.39, 0.29) is 6.07 Å². The van der Waals surface area contributed by atoms with Gasteiger partial charge in [0.25, 0.3) is 0 Å². The number of halogens is 3. The molecule has 0 saturated heterocycles. The third-order valence-electron chi connectivity index (χ3n) is 1.95. The summed E-state index contributed by atoms with van der Waals surface area (Å²) in [5, 5.41) is 0. The molecule has 0 atom stereocenters. The highest BCUT2D eigenvalue weighted by Gasteiger charge is 2.28. The Kier molecular flexibility index (Phi) is 3.72. The first-order valence-electron chi connectivity index (χ1n) is 4.28. The van der Waals surface area contributed by atoms with Gasteiger partial charge in [-0.1, -0.05) is 0 Å². The molecule has 0 aromatic heterocycles. The number of rotatable bonds is 2. The van der Waals surface area contributed by atoms with Crippen molar-refractivity contribution in [2.75, 3.05) is 14.2 Å². The third-order valence-corrected chi connectivity index (χ3v) is 1.95. The lowest BCUT2D eigenvalue weighted by molar-refractivity contribution is 0.0581. The number of carbonyl (C=O) groups is 2. The van der Waals surface area contributed by atoms with Gasteiger partial charge < -0.3 is 9.47 Å². The van der Waals surface area contributed by atoms with E-state index < -0.39 is 40.5 Å². The predicted molar refractivity (Wildman–Crippen MR) is 49.0 cm³/mol. The SMILES string of the molecule is COC(=O)c1c(F)cc(F)c(C(=O)OC)c1F. The fraction of sp³-hybridized carbons (Fsp3) is 0.200. The number of hydrogen-bond donors (Lipinski definition) is 0. The van der Waals surface area contributed by atoms with Gasteiger partial charge in [-0.25, -0.2) is 22.8 Å². The first-order valence-corrected chi connectivity index (χ1v) is 4.28. The van der Waals surface area contributed by atoms with Crippen LogP contribution in [0.15, 0.2) is 6.07 Å². The standard InChI is InChI=1S/C10H7F3O4/c1-16-9(14)6-4(11)3-5(12)7(8(6)13)10(15)17-2/h3H,1-2H3. The van der Waals surface area contributed by atoms with Gasteiger partial charge in [0.1, 0.15) is 22.8 Å². The molecule has 0 unspecified atom stereocenters. The largest absolute Gasteiger partial charge is 0.465 e. The highest BCUT2D eigenvalue weighted by Crippen LogP contribution is 2.21. The Morgan fingerprint density at radius 1 is 0.941 bits per heavy atom. The van der Waals surface area contributed by atoms with Gasteiger partial charge >= 0.3 is 11.9 Å². The van der Waals surface area contributed by atoms with Crippen LogP contribution in [0.1, 0.15) is 20.7 Å². The van der Waals surface area contributed by atoms with Crippen molar-refractivity contribution >= 4 is 11.9 Å². The molecule has 0 radical (unpaired) electrons. The van der Waals surface area contributed by atoms with Crippen LogP contribution in [-0.4, -0.2) is 26.2 Å². The Hall–Kier alpha value is -2.05. The molecule has 17 heavy (non-hydrogen) atoms. The van der Waals surface area contributed by atoms with Crippen molar-refractivity contribution in [3.05, 3.63) is 34.6 Å². The van der Waals surface area contributed by atoms with Gasteiger partial charge in [0.2, 0.25) is 0 Å². The number of ether oxygens (including phenoxy) is 2. The highest BCUT2D eigenvalue weighted by molar-refractivity contribution is 5.96. The Labute approximate surface area is 93.9 Å². The molecular weight excluding hydrogens is 241 g/mol. The van der Waals surface area contributed by atoms with Crippen LogP contribution in [0, 0.1) is 17.5 Å². The quantitative estimate of drug-likeness (QED) is 0.747. The number of benzene rings is 1. The first kappa shape index (κ1) is 13.0. The minimum Gasteiger partial charge on any atom is -0.465 e. The third kappa shape index (κ3) is 2.22. The monoisotopic (exact) mass is 248 g/mol. The molecule has 0 aliphatic heterocycles. The van der Waals surface area contributed by atoms with E-state index >= 15 is 0 Å². The smallest absolute Gasteiger partial charge is 0.343 e. The molecular formula is C10H7F3O4. The van der Waals surface area contributed by atoms with Crippen LogP contribution in [0.3, 0.4) is 0 Å². The molecule has 1 rings (SSSR count). The zero-order chi connectivity index (χ0) is 13.2. The molecule has 0 aliphatic rings. The Bertz CT molecular complexity index is 445. The van der Waals surface area contributed by atoms with E-state index in [9.17, 15) is 22.8 Å². The minimum absolute atomic E-state index is 0.210. The van der Waals surface area contributed by atoms with Crippen molar-refractivity contribution in [1.29, 1.82) is 0 Å². The second kappa shape index (κ2) is 4.86. The van der Waals surface area contributed by atoms with E-state index in [4.69, 9.17) is 0 Å². The van der Waals surface area contributed by atoms with Gasteiger partial charge in [0.15, 0.2) is 5.82 Å². The van der Waals surface area contributed by atoms with Gasteiger partial charge in [-0.15, -0.1) is 0 Å². The van der Waals surface area contributed by atoms with E-state index in [2.05, 4.69) is 9.47 Å². The van der Waals surface area contributed by atoms with Gasteiger partial charge in [0.05, 0.1) is 14.2 Å². The maximum atomic E-state index is 13.6. The van der Waals surface area contributed by atoms with E-state index in [0.29, 0.717) is 0 Å². The van der Waals surface area contributed by atoms with Gasteiger partial charge in [-0.3, -0.25) is 0 Å². The van der Waals surface area contributed by atoms with Crippen LogP contribution < -0.4 is 0 Å². The molecule has 92 valence electrons. The Morgan fingerprint density at radius 2 is 1.29 bits per heavy atom. The van der Waals surface area contributed by atoms with Crippen molar-refractivity contribution < 1.29 is 32.2 Å². The van der Waals surface area contributed by atoms with Gasteiger partial charge in [-0.2, -0.15) is 0 Å². The number of hydrogen-bond acceptors (Lipinski definition) is 4. The van der Waals surface area contributed by atoms with E-state index in [0.717, 1.165) is 14.2 Å². The zero-order valence-corrected chi connectivity index (χ0v) is 8.84. The van der Waals surface area contributed by atoms with Crippen LogP contribution in [0.2, 0.25) is 0 Å². The summed E-state index contributed by atoms with van der Waals surface area (Å²) in [6.07, 6.45) is 0. The Morgan fingerprint density at radius 3 is 1.59 bits per heavy atom. The molecule has 0 aliphatic carbocycles. The van der Waals surface area contributed by atoms with Crippen molar-refractivity contribution in [3.8, 4) is 0 Å². The van der Waals surface area contributed by atoms with Crippen LogP contribution >= 0.6 is 0 Å². The van der Waals surface area contributed by atoms with Crippen LogP contribution in [-0.2, 0) is 9.47 Å². The molecule has 7 heteroatoms. The summed E-state index contributed by atoms with van der Waals surface area (Å²) < 4.78 is 48.1. The Balaban J connectivity index is 3.54. The minimum atomic E-state index is -1.65. The molecule has 0 bridgehead atoms. The van der Waals surface area contributed by atoms with Crippen molar-refractivity contribution in [3.63, 3.8) is 0 Å². The lowest BCUT2D eigenvalue weighted by Gasteiger charge is -2.07. The summed E-state index contributed by atoms with van der Waals surface area (Å²) in [4.78, 5) is 22.1. The molecule has 0 amide bonds. The topological polar surface area (TPSA) is 52.6 Å². The molecule has 4 nitrogen and oxygen atoms in total. The molecule has 0 saturated carbocycles. The fourth-order valence-electron chi connectivity index (χ4n) is 1.17. The van der Waals surface area contributed by atoms with Crippen LogP contribution in [0.25, 0.3) is 0 Å². The van der Waals surface area contributed by atoms with E-state index in [1.54, 1.807) is 0 Å². The summed E-state index contributed by atoms with van der Waals surface area (Å²) in [6, 6.07) is 0.210. The lowest BCUT2D eigenvalue weighted by atomic mass is 10.1. The zero-order valence-electron chi connectivity index (χ0n) is 8.84. The van der Waals surface area contributed by atoms with Crippen molar-refractivity contribution in [2.45, 2.75) is 0 Å². The molecule has 0 N–H and O–H groups in total. The summed E-state index contributed by atoms with van der Waals surface area (Å²) in [5.74, 6) is -7.28. The predicted octanol–water partition coefficient (Wildman–Crippen LogP) is 1.68. The molecule has 1 aromatic carbocycles. The first-order chi connectivity index (χ1) is 7.93. The highest BCUT2D eigenvalue weighted by atomic mass is 19.1. The maximum absolute atomic E-state index is 13.6. The average molecular weight is 248 g/mol. The number of esters is 2. The van der Waals surface area contributed by atoms with Gasteiger partial charge in [-0.05, 0) is 0 Å². The molecule has 0 fully saturated rings.